The van der Waals surface area contributed by atoms with E-state index in [1.807, 2.05) is 58.4 Å². The van der Waals surface area contributed by atoms with E-state index in [1.165, 1.54) is 107 Å². The van der Waals surface area contributed by atoms with Gasteiger partial charge in [0.15, 0.2) is 0 Å². The molecule has 0 aliphatic heterocycles. The van der Waals surface area contributed by atoms with Gasteiger partial charge >= 0.3 is 0 Å². The van der Waals surface area contributed by atoms with Gasteiger partial charge in [-0.1, -0.05) is 121 Å². The maximum atomic E-state index is 2.43. The lowest BCUT2D eigenvalue weighted by molar-refractivity contribution is 1.55. The third-order valence-electron chi connectivity index (χ3n) is 10.5. The second-order valence-electron chi connectivity index (χ2n) is 13.4. The monoisotopic (exact) mass is 798 g/mol. The maximum Gasteiger partial charge on any atom is 0.0361 e. The molecule has 0 amide bonds. The van der Waals surface area contributed by atoms with Crippen LogP contribution in [0.5, 0.6) is 0 Å². The summed E-state index contributed by atoms with van der Waals surface area (Å²) in [5, 5.41) is 0. The Balaban J connectivity index is 1.45. The minimum Gasteiger partial charge on any atom is -0.135 e. The van der Waals surface area contributed by atoms with Crippen molar-refractivity contribution >= 4 is 69.5 Å². The molecule has 0 aromatic carbocycles. The van der Waals surface area contributed by atoms with Crippen molar-refractivity contribution in [3.8, 4) is 44.5 Å². The molecule has 1 aromatic heterocycles. The smallest absolute Gasteiger partial charge is 0.0361 e. The van der Waals surface area contributed by atoms with Crippen molar-refractivity contribution in [3.05, 3.63) is 189 Å². The average molecular weight is 799 g/mol. The molecule has 0 N–H and O–H groups in total. The molecule has 268 valence electrons. The predicted octanol–water partition coefficient (Wildman–Crippen LogP) is 13.5. The van der Waals surface area contributed by atoms with Gasteiger partial charge < -0.3 is 0 Å². The number of rotatable bonds is 8. The molecule has 0 spiro atoms. The highest BCUT2D eigenvalue weighted by molar-refractivity contribution is 7.99. The largest absolute Gasteiger partial charge is 0.135 e. The third kappa shape index (κ3) is 6.40. The molecule has 9 rings (SSSR count). The first kappa shape index (κ1) is 36.3. The van der Waals surface area contributed by atoms with Crippen LogP contribution >= 0.6 is 58.4 Å². The van der Waals surface area contributed by atoms with E-state index in [1.54, 1.807) is 0 Å². The summed E-state index contributed by atoms with van der Waals surface area (Å²) in [5.74, 6) is 0. The van der Waals surface area contributed by atoms with Crippen LogP contribution in [0.1, 0.15) is 22.3 Å². The van der Waals surface area contributed by atoms with E-state index in [4.69, 9.17) is 0 Å². The Kier molecular flexibility index (Phi) is 10.3. The van der Waals surface area contributed by atoms with Gasteiger partial charge in [0.05, 0.1) is 0 Å². The van der Waals surface area contributed by atoms with E-state index in [0.717, 1.165) is 0 Å². The lowest BCUT2D eigenvalue weighted by atomic mass is 9.94. The van der Waals surface area contributed by atoms with Crippen LogP contribution in [-0.2, 0) is 0 Å². The lowest BCUT2D eigenvalue weighted by Crippen LogP contribution is -2.06. The standard InChI is InChI=1S/C50H38S5/c1-51-45-27-39(31-17-9-5-13-21-35(31)45)49(40-28-46(52-2)36-22-14-6-10-18-32(36)40)43-25-26-44(55-43)50(41-29-47(53-3)37-23-15-7-11-19-33(37)41)42-30-48(54-4)38-24-16-8-12-20-34(38)42/h5-30H,1-4H3. The van der Waals surface area contributed by atoms with Gasteiger partial charge in [-0.05, 0) is 128 Å². The van der Waals surface area contributed by atoms with E-state index >= 15 is 0 Å². The molecule has 8 aliphatic rings. The molecule has 0 saturated heterocycles. The molecular formula is C50H38S5. The SMILES string of the molecule is CSc1cc(C(c2cc(SC)c3cccccc2-3)=c2ccc(=C(c3cc(SC)c4cccccc3-4)c3cc(SC)c4cccccc3-4)s2)c2cccccc1-2. The third-order valence-corrected chi connectivity index (χ3v) is 14.8. The highest BCUT2D eigenvalue weighted by Crippen LogP contribution is 2.48. The summed E-state index contributed by atoms with van der Waals surface area (Å²) in [4.78, 5) is 5.21. The molecular weight excluding hydrogens is 761 g/mol. The number of thiophene rings is 1. The molecule has 0 atom stereocenters. The number of thioether (sulfide) groups is 4. The highest BCUT2D eigenvalue weighted by atomic mass is 32.2. The normalized spacial score (nSPS) is 11.6. The van der Waals surface area contributed by atoms with E-state index < -0.39 is 0 Å². The summed E-state index contributed by atoms with van der Waals surface area (Å²) < 4.78 is 2.53. The molecule has 0 unspecified atom stereocenters. The van der Waals surface area contributed by atoms with Crippen molar-refractivity contribution in [3.63, 3.8) is 0 Å². The van der Waals surface area contributed by atoms with Gasteiger partial charge in [-0.3, -0.25) is 0 Å². The van der Waals surface area contributed by atoms with Gasteiger partial charge in [0, 0.05) is 39.8 Å². The van der Waals surface area contributed by atoms with Crippen molar-refractivity contribution in [2.45, 2.75) is 19.6 Å². The van der Waals surface area contributed by atoms with Gasteiger partial charge in [0.25, 0.3) is 0 Å². The Hall–Kier alpha value is -4.36. The maximum absolute atomic E-state index is 2.43. The Morgan fingerprint density at radius 3 is 0.782 bits per heavy atom. The van der Waals surface area contributed by atoms with Gasteiger partial charge in [-0.25, -0.2) is 0 Å². The molecule has 0 nitrogen and oxygen atoms in total. The second kappa shape index (κ2) is 15.6. The predicted molar refractivity (Wildman–Crippen MR) is 246 cm³/mol. The molecule has 0 bridgehead atoms. The summed E-state index contributed by atoms with van der Waals surface area (Å²) in [5.41, 5.74) is 18.0. The van der Waals surface area contributed by atoms with Crippen molar-refractivity contribution in [2.24, 2.45) is 0 Å². The van der Waals surface area contributed by atoms with E-state index in [0.29, 0.717) is 0 Å². The minimum absolute atomic E-state index is 1.27. The first-order valence-electron chi connectivity index (χ1n) is 18.2. The summed E-state index contributed by atoms with van der Waals surface area (Å²) >= 11 is 9.22. The highest BCUT2D eigenvalue weighted by Gasteiger charge is 2.27. The Labute approximate surface area is 345 Å². The van der Waals surface area contributed by atoms with Crippen LogP contribution in [0, 0.1) is 0 Å². The zero-order valence-electron chi connectivity index (χ0n) is 31.1. The lowest BCUT2D eigenvalue weighted by Gasteiger charge is -2.10. The quantitative estimate of drug-likeness (QED) is 0.140. The van der Waals surface area contributed by atoms with E-state index in [2.05, 4.69) is 183 Å². The number of hydrogen-bond acceptors (Lipinski definition) is 5. The Morgan fingerprint density at radius 1 is 0.309 bits per heavy atom. The molecule has 0 radical (unpaired) electrons. The fourth-order valence-corrected chi connectivity index (χ4v) is 11.8. The Bertz CT molecular complexity index is 2470. The molecule has 0 saturated carbocycles. The van der Waals surface area contributed by atoms with Crippen molar-refractivity contribution in [1.29, 1.82) is 0 Å². The second-order valence-corrected chi connectivity index (χ2v) is 17.8. The summed E-state index contributed by atoms with van der Waals surface area (Å²) in [7, 11) is 0. The molecule has 1 heterocycles. The molecule has 1 aromatic rings. The van der Waals surface area contributed by atoms with Crippen LogP contribution in [0.15, 0.2) is 177 Å². The van der Waals surface area contributed by atoms with Crippen molar-refractivity contribution in [1.82, 2.24) is 0 Å². The molecule has 55 heavy (non-hydrogen) atoms. The molecule has 0 fully saturated rings. The van der Waals surface area contributed by atoms with Gasteiger partial charge in [0.2, 0.25) is 0 Å². The zero-order chi connectivity index (χ0) is 37.5. The average Bonchev–Trinajstić information content (AvgIpc) is 3.85. The Morgan fingerprint density at radius 2 is 0.545 bits per heavy atom. The first-order chi connectivity index (χ1) is 27.1. The van der Waals surface area contributed by atoms with Crippen molar-refractivity contribution < 1.29 is 0 Å². The summed E-state index contributed by atoms with van der Waals surface area (Å²) in [6, 6.07) is 58.8. The fourth-order valence-electron chi connectivity index (χ4n) is 8.06. The van der Waals surface area contributed by atoms with E-state index in [-0.39, 0.29) is 0 Å². The number of fused-ring (bicyclic) bond motifs is 4. The fraction of sp³-hybridized carbons (Fsp3) is 0.0800. The first-order valence-corrected chi connectivity index (χ1v) is 23.9. The van der Waals surface area contributed by atoms with Crippen LogP contribution in [0.2, 0.25) is 0 Å². The van der Waals surface area contributed by atoms with Crippen LogP contribution in [0.4, 0.5) is 0 Å². The van der Waals surface area contributed by atoms with Gasteiger partial charge in [0.1, 0.15) is 0 Å². The van der Waals surface area contributed by atoms with Crippen LogP contribution in [0.25, 0.3) is 55.7 Å². The van der Waals surface area contributed by atoms with Crippen LogP contribution in [-0.4, -0.2) is 25.0 Å². The summed E-state index contributed by atoms with van der Waals surface area (Å²) in [6.07, 6.45) is 8.78. The molecule has 8 aliphatic carbocycles. The summed E-state index contributed by atoms with van der Waals surface area (Å²) in [6.45, 7) is 0. The van der Waals surface area contributed by atoms with Crippen LogP contribution in [0.3, 0.4) is 0 Å². The van der Waals surface area contributed by atoms with Crippen LogP contribution < -0.4 is 9.06 Å². The van der Waals surface area contributed by atoms with Gasteiger partial charge in [-0.2, -0.15) is 0 Å². The topological polar surface area (TPSA) is 0 Å². The minimum atomic E-state index is 1.27. The van der Waals surface area contributed by atoms with Gasteiger partial charge in [-0.15, -0.1) is 58.4 Å². The zero-order valence-corrected chi connectivity index (χ0v) is 35.1. The molecule has 5 heteroatoms. The number of hydrogen-bond donors (Lipinski definition) is 0. The van der Waals surface area contributed by atoms with Crippen molar-refractivity contribution in [2.75, 3.05) is 25.0 Å². The van der Waals surface area contributed by atoms with E-state index in [9.17, 15) is 0 Å².